The average molecular weight is 394 g/mol. The Kier molecular flexibility index (Phi) is 5.45. The third-order valence-electron chi connectivity index (χ3n) is 5.50. The van der Waals surface area contributed by atoms with Crippen LogP contribution in [0.4, 0.5) is 0 Å². The van der Waals surface area contributed by atoms with Crippen LogP contribution in [0.3, 0.4) is 0 Å². The molecular formula is C23H26N2O4. The molecule has 0 spiro atoms. The number of pyridine rings is 1. The Morgan fingerprint density at radius 1 is 1.10 bits per heavy atom. The Hall–Kier alpha value is -2.99. The lowest BCUT2D eigenvalue weighted by Gasteiger charge is -2.32. The first kappa shape index (κ1) is 19.3. The van der Waals surface area contributed by atoms with E-state index in [4.69, 9.17) is 9.47 Å². The summed E-state index contributed by atoms with van der Waals surface area (Å²) in [5, 5.41) is 10.8. The van der Waals surface area contributed by atoms with Gasteiger partial charge in [0.05, 0.1) is 12.5 Å². The maximum Gasteiger partial charge on any atom is 0.193 e. The molecule has 2 aromatic carbocycles. The van der Waals surface area contributed by atoms with Crippen LogP contribution in [0.2, 0.25) is 0 Å². The summed E-state index contributed by atoms with van der Waals surface area (Å²) in [6, 6.07) is 12.5. The number of aromatic nitrogens is 1. The standard InChI is InChI=1S/C23H26N2O4/c1-15(25-11-7-4-8-12-25)29-20-14-19(27)21-18(26)13-17(16-9-5-3-6-10-16)24-22(21)23(20)28-2/h3,5-6,9-10,13-15,27H,4,7-8,11-12H2,1-2H3,(H,24,26). The zero-order valence-electron chi connectivity index (χ0n) is 16.8. The van der Waals surface area contributed by atoms with Gasteiger partial charge in [0.25, 0.3) is 0 Å². The second-order valence-electron chi connectivity index (χ2n) is 7.40. The van der Waals surface area contributed by atoms with Crippen LogP contribution in [0, 0.1) is 0 Å². The van der Waals surface area contributed by atoms with Crippen LogP contribution in [0.25, 0.3) is 22.2 Å². The molecule has 1 fully saturated rings. The number of nitrogens with one attached hydrogen (secondary N) is 1. The van der Waals surface area contributed by atoms with Crippen LogP contribution in [-0.2, 0) is 0 Å². The van der Waals surface area contributed by atoms with Crippen molar-refractivity contribution in [1.82, 2.24) is 9.88 Å². The van der Waals surface area contributed by atoms with Crippen molar-refractivity contribution in [1.29, 1.82) is 0 Å². The number of ether oxygens (including phenoxy) is 2. The number of hydrogen-bond acceptors (Lipinski definition) is 5. The van der Waals surface area contributed by atoms with Crippen molar-refractivity contribution in [3.63, 3.8) is 0 Å². The minimum atomic E-state index is -0.274. The highest BCUT2D eigenvalue weighted by molar-refractivity contribution is 5.93. The van der Waals surface area contributed by atoms with E-state index in [0.717, 1.165) is 31.5 Å². The summed E-state index contributed by atoms with van der Waals surface area (Å²) in [6.07, 6.45) is 3.39. The number of rotatable bonds is 5. The first-order valence-corrected chi connectivity index (χ1v) is 10.0. The Labute approximate surface area is 169 Å². The molecule has 1 unspecified atom stereocenters. The Morgan fingerprint density at radius 2 is 1.83 bits per heavy atom. The van der Waals surface area contributed by atoms with Crippen LogP contribution in [0.5, 0.6) is 17.2 Å². The van der Waals surface area contributed by atoms with E-state index in [1.807, 2.05) is 37.3 Å². The summed E-state index contributed by atoms with van der Waals surface area (Å²) in [5.41, 5.74) is 1.69. The summed E-state index contributed by atoms with van der Waals surface area (Å²) >= 11 is 0. The fourth-order valence-electron chi connectivity index (χ4n) is 3.97. The number of benzene rings is 2. The van der Waals surface area contributed by atoms with Gasteiger partial charge in [-0.1, -0.05) is 36.8 Å². The molecule has 6 nitrogen and oxygen atoms in total. The number of hydrogen-bond donors (Lipinski definition) is 2. The second-order valence-corrected chi connectivity index (χ2v) is 7.40. The van der Waals surface area contributed by atoms with Gasteiger partial charge in [-0.15, -0.1) is 0 Å². The number of nitrogens with zero attached hydrogens (tertiary/aromatic N) is 1. The number of likely N-dealkylation sites (tertiary alicyclic amines) is 1. The summed E-state index contributed by atoms with van der Waals surface area (Å²) in [4.78, 5) is 18.3. The Morgan fingerprint density at radius 3 is 2.52 bits per heavy atom. The molecule has 3 aromatic rings. The van der Waals surface area contributed by atoms with Gasteiger partial charge in [-0.2, -0.15) is 0 Å². The van der Waals surface area contributed by atoms with E-state index >= 15 is 0 Å². The van der Waals surface area contributed by atoms with Crippen molar-refractivity contribution in [2.24, 2.45) is 0 Å². The normalized spacial score (nSPS) is 15.9. The largest absolute Gasteiger partial charge is 0.507 e. The lowest BCUT2D eigenvalue weighted by Crippen LogP contribution is -2.40. The fourth-order valence-corrected chi connectivity index (χ4v) is 3.97. The molecule has 1 saturated heterocycles. The molecule has 0 amide bonds. The third kappa shape index (κ3) is 3.80. The summed E-state index contributed by atoms with van der Waals surface area (Å²) in [7, 11) is 1.54. The van der Waals surface area contributed by atoms with E-state index in [-0.39, 0.29) is 22.8 Å². The number of fused-ring (bicyclic) bond motifs is 1. The fraction of sp³-hybridized carbons (Fsp3) is 0.348. The molecule has 0 saturated carbocycles. The van der Waals surface area contributed by atoms with E-state index < -0.39 is 0 Å². The van der Waals surface area contributed by atoms with Gasteiger partial charge >= 0.3 is 0 Å². The van der Waals surface area contributed by atoms with E-state index in [1.54, 1.807) is 0 Å². The quantitative estimate of drug-likeness (QED) is 0.681. The molecule has 152 valence electrons. The van der Waals surface area contributed by atoms with Crippen LogP contribution in [0.1, 0.15) is 26.2 Å². The van der Waals surface area contributed by atoms with Gasteiger partial charge in [-0.3, -0.25) is 9.69 Å². The van der Waals surface area contributed by atoms with Crippen LogP contribution >= 0.6 is 0 Å². The first-order chi connectivity index (χ1) is 14.1. The molecule has 1 atom stereocenters. The smallest absolute Gasteiger partial charge is 0.193 e. The van der Waals surface area contributed by atoms with E-state index in [0.29, 0.717) is 22.7 Å². The molecule has 6 heteroatoms. The van der Waals surface area contributed by atoms with Gasteiger partial charge in [-0.05, 0) is 25.3 Å². The lowest BCUT2D eigenvalue weighted by molar-refractivity contribution is 0.0245. The topological polar surface area (TPSA) is 74.8 Å². The highest BCUT2D eigenvalue weighted by Crippen LogP contribution is 2.40. The summed E-state index contributed by atoms with van der Waals surface area (Å²) < 4.78 is 11.8. The third-order valence-corrected chi connectivity index (χ3v) is 5.50. The van der Waals surface area contributed by atoms with Gasteiger partial charge in [0.15, 0.2) is 16.9 Å². The lowest BCUT2D eigenvalue weighted by atomic mass is 10.1. The molecule has 0 aliphatic carbocycles. The Bertz CT molecular complexity index is 1060. The SMILES string of the molecule is COc1c(OC(C)N2CCCCC2)cc(O)c2c(=O)cc(-c3ccccc3)[nH]c12. The zero-order valence-corrected chi connectivity index (χ0v) is 16.8. The predicted molar refractivity (Wildman–Crippen MR) is 114 cm³/mol. The maximum atomic E-state index is 12.8. The van der Waals surface area contributed by atoms with Crippen molar-refractivity contribution in [3.05, 3.63) is 52.7 Å². The van der Waals surface area contributed by atoms with Crippen molar-refractivity contribution in [2.75, 3.05) is 20.2 Å². The predicted octanol–water partition coefficient (Wildman–Crippen LogP) is 4.12. The molecule has 1 aliphatic rings. The molecule has 2 N–H and O–H groups in total. The van der Waals surface area contributed by atoms with Crippen molar-refractivity contribution < 1.29 is 14.6 Å². The zero-order chi connectivity index (χ0) is 20.4. The monoisotopic (exact) mass is 394 g/mol. The number of aromatic hydroxyl groups is 1. The molecular weight excluding hydrogens is 368 g/mol. The summed E-state index contributed by atoms with van der Waals surface area (Å²) in [6.45, 7) is 3.96. The van der Waals surface area contributed by atoms with Crippen LogP contribution < -0.4 is 14.9 Å². The summed E-state index contributed by atoms with van der Waals surface area (Å²) in [5.74, 6) is 0.704. The average Bonchev–Trinajstić information content (AvgIpc) is 2.74. The minimum absolute atomic E-state index is 0.123. The molecule has 1 aliphatic heterocycles. The first-order valence-electron chi connectivity index (χ1n) is 10.0. The molecule has 1 aromatic heterocycles. The molecule has 4 rings (SSSR count). The number of phenolic OH excluding ortho intramolecular Hbond substituents is 1. The van der Waals surface area contributed by atoms with E-state index in [1.165, 1.54) is 25.7 Å². The van der Waals surface area contributed by atoms with E-state index in [9.17, 15) is 9.90 Å². The molecule has 0 bridgehead atoms. The number of H-pyrrole nitrogens is 1. The molecule has 0 radical (unpaired) electrons. The number of methoxy groups -OCH3 is 1. The van der Waals surface area contributed by atoms with Crippen molar-refractivity contribution >= 4 is 10.9 Å². The Balaban J connectivity index is 1.80. The highest BCUT2D eigenvalue weighted by Gasteiger charge is 2.23. The number of piperidine rings is 1. The van der Waals surface area contributed by atoms with Gasteiger partial charge < -0.3 is 19.6 Å². The van der Waals surface area contributed by atoms with E-state index in [2.05, 4.69) is 9.88 Å². The molecule has 2 heterocycles. The number of phenols is 1. The molecule has 29 heavy (non-hydrogen) atoms. The van der Waals surface area contributed by atoms with Gasteiger partial charge in [0, 0.05) is 30.9 Å². The maximum absolute atomic E-state index is 12.8. The van der Waals surface area contributed by atoms with Gasteiger partial charge in [0.2, 0.25) is 0 Å². The van der Waals surface area contributed by atoms with Crippen LogP contribution in [-0.4, -0.2) is 41.4 Å². The van der Waals surface area contributed by atoms with Crippen LogP contribution in [0.15, 0.2) is 47.3 Å². The van der Waals surface area contributed by atoms with Gasteiger partial charge in [0.1, 0.15) is 17.5 Å². The second kappa shape index (κ2) is 8.17. The number of aromatic amines is 1. The highest BCUT2D eigenvalue weighted by atomic mass is 16.5. The van der Waals surface area contributed by atoms with Crippen molar-refractivity contribution in [3.8, 4) is 28.5 Å². The van der Waals surface area contributed by atoms with Gasteiger partial charge in [-0.25, -0.2) is 0 Å². The van der Waals surface area contributed by atoms with Crippen molar-refractivity contribution in [2.45, 2.75) is 32.4 Å². The minimum Gasteiger partial charge on any atom is -0.507 e.